The molecule has 3 aromatic carbocycles. The van der Waals surface area contributed by atoms with Crippen LogP contribution in [0.4, 0.5) is 0 Å². The van der Waals surface area contributed by atoms with E-state index in [0.29, 0.717) is 23.4 Å². The second-order valence-electron chi connectivity index (χ2n) is 8.52. The fourth-order valence-corrected chi connectivity index (χ4v) is 4.57. The number of nitrogens with zero attached hydrogens (tertiary/aromatic N) is 3. The van der Waals surface area contributed by atoms with Crippen molar-refractivity contribution in [2.24, 2.45) is 0 Å². The van der Waals surface area contributed by atoms with Gasteiger partial charge in [0.05, 0.1) is 25.3 Å². The van der Waals surface area contributed by atoms with Crippen LogP contribution in [0.15, 0.2) is 89.1 Å². The third kappa shape index (κ3) is 4.68. The van der Waals surface area contributed by atoms with Gasteiger partial charge in [-0.15, -0.1) is 0 Å². The summed E-state index contributed by atoms with van der Waals surface area (Å²) in [5, 5.41) is 8.43. The second kappa shape index (κ2) is 9.72. The van der Waals surface area contributed by atoms with E-state index in [4.69, 9.17) is 26.5 Å². The van der Waals surface area contributed by atoms with Crippen molar-refractivity contribution in [3.8, 4) is 17.1 Å². The number of rotatable bonds is 6. The first kappa shape index (κ1) is 22.8. The Hall–Kier alpha value is -3.97. The van der Waals surface area contributed by atoms with Crippen LogP contribution in [0.25, 0.3) is 17.0 Å². The normalized spacial score (nSPS) is 15.8. The van der Waals surface area contributed by atoms with Gasteiger partial charge in [-0.1, -0.05) is 77.5 Å². The van der Waals surface area contributed by atoms with Crippen molar-refractivity contribution in [2.75, 3.05) is 7.11 Å². The van der Waals surface area contributed by atoms with Crippen LogP contribution in [0.1, 0.15) is 35.5 Å². The van der Waals surface area contributed by atoms with Crippen LogP contribution in [0.3, 0.4) is 0 Å². The number of hydrogen-bond donors (Lipinski definition) is 1. The van der Waals surface area contributed by atoms with Crippen LogP contribution < -0.4 is 10.1 Å². The minimum atomic E-state index is -0.214. The van der Waals surface area contributed by atoms with Gasteiger partial charge in [-0.25, -0.2) is 0 Å². The summed E-state index contributed by atoms with van der Waals surface area (Å²) in [6.07, 6.45) is 0. The van der Waals surface area contributed by atoms with Crippen molar-refractivity contribution in [1.82, 2.24) is 20.4 Å². The van der Waals surface area contributed by atoms with Gasteiger partial charge in [0.2, 0.25) is 5.82 Å². The van der Waals surface area contributed by atoms with Gasteiger partial charge < -0.3 is 19.5 Å². The first-order valence-corrected chi connectivity index (χ1v) is 11.8. The summed E-state index contributed by atoms with van der Waals surface area (Å²) in [5.41, 5.74) is 6.12. The van der Waals surface area contributed by atoms with Crippen molar-refractivity contribution >= 4 is 22.9 Å². The Morgan fingerprint density at radius 2 is 1.77 bits per heavy atom. The molecule has 6 nitrogen and oxygen atoms in total. The molecule has 1 aromatic heterocycles. The Labute approximate surface area is 210 Å². The summed E-state index contributed by atoms with van der Waals surface area (Å²) < 4.78 is 11.2. The van der Waals surface area contributed by atoms with Crippen molar-refractivity contribution in [3.05, 3.63) is 107 Å². The van der Waals surface area contributed by atoms with E-state index in [0.717, 1.165) is 33.7 Å². The minimum Gasteiger partial charge on any atom is -0.497 e. The number of aryl methyl sites for hydroxylation is 1. The quantitative estimate of drug-likeness (QED) is 0.343. The number of benzene rings is 3. The van der Waals surface area contributed by atoms with E-state index in [1.54, 1.807) is 7.11 Å². The molecule has 0 radical (unpaired) electrons. The molecule has 0 spiro atoms. The molecule has 35 heavy (non-hydrogen) atoms. The molecule has 0 aliphatic carbocycles. The fourth-order valence-electron chi connectivity index (χ4n) is 4.25. The zero-order valence-corrected chi connectivity index (χ0v) is 20.7. The molecule has 5 rings (SSSR count). The van der Waals surface area contributed by atoms with Gasteiger partial charge in [0.25, 0.3) is 5.89 Å². The lowest BCUT2D eigenvalue weighted by Crippen LogP contribution is -2.45. The highest BCUT2D eigenvalue weighted by Gasteiger charge is 2.34. The molecule has 1 N–H and O–H groups in total. The number of hydrogen-bond acceptors (Lipinski definition) is 5. The van der Waals surface area contributed by atoms with Crippen LogP contribution >= 0.6 is 12.2 Å². The predicted octanol–water partition coefficient (Wildman–Crippen LogP) is 5.92. The van der Waals surface area contributed by atoms with E-state index in [9.17, 15) is 0 Å². The molecule has 1 aliphatic rings. The van der Waals surface area contributed by atoms with E-state index in [2.05, 4.69) is 59.6 Å². The maximum atomic E-state index is 5.83. The van der Waals surface area contributed by atoms with Crippen molar-refractivity contribution in [3.63, 3.8) is 0 Å². The van der Waals surface area contributed by atoms with Gasteiger partial charge >= 0.3 is 0 Å². The lowest BCUT2D eigenvalue weighted by atomic mass is 9.94. The van der Waals surface area contributed by atoms with Crippen LogP contribution in [-0.4, -0.2) is 27.3 Å². The topological polar surface area (TPSA) is 63.4 Å². The van der Waals surface area contributed by atoms with Gasteiger partial charge in [-0.2, -0.15) is 4.98 Å². The molecule has 0 saturated heterocycles. The SMILES string of the molecule is COc1cccc(CN2C(=S)NC(c3ccc(C)cc3)C(c3nc(-c4ccccc4)no3)=C2C)c1. The highest BCUT2D eigenvalue weighted by molar-refractivity contribution is 7.80. The van der Waals surface area contributed by atoms with Gasteiger partial charge in [0, 0.05) is 11.3 Å². The molecule has 1 unspecified atom stereocenters. The Bertz CT molecular complexity index is 1380. The second-order valence-corrected chi connectivity index (χ2v) is 8.91. The molecule has 7 heteroatoms. The number of thiocarbonyl (C=S) groups is 1. The van der Waals surface area contributed by atoms with Crippen LogP contribution in [0.2, 0.25) is 0 Å². The first-order chi connectivity index (χ1) is 17.0. The average Bonchev–Trinajstić information content (AvgIpc) is 3.37. The zero-order valence-electron chi connectivity index (χ0n) is 19.9. The summed E-state index contributed by atoms with van der Waals surface area (Å²) in [6.45, 7) is 4.71. The third-order valence-corrected chi connectivity index (χ3v) is 6.51. The Morgan fingerprint density at radius 1 is 1.00 bits per heavy atom. The number of nitrogens with one attached hydrogen (secondary N) is 1. The molecular formula is C28H26N4O2S. The lowest BCUT2D eigenvalue weighted by Gasteiger charge is -2.37. The number of ether oxygens (including phenoxy) is 1. The Kier molecular flexibility index (Phi) is 6.33. The molecule has 2 heterocycles. The molecular weight excluding hydrogens is 456 g/mol. The molecule has 1 aliphatic heterocycles. The molecule has 0 bridgehead atoms. The van der Waals surface area contributed by atoms with Crippen molar-refractivity contribution in [1.29, 1.82) is 0 Å². The predicted molar refractivity (Wildman–Crippen MR) is 141 cm³/mol. The van der Waals surface area contributed by atoms with Gasteiger partial charge in [-0.3, -0.25) is 0 Å². The monoisotopic (exact) mass is 482 g/mol. The summed E-state index contributed by atoms with van der Waals surface area (Å²) in [5.74, 6) is 1.83. The van der Waals surface area contributed by atoms with Crippen molar-refractivity contribution in [2.45, 2.75) is 26.4 Å². The van der Waals surface area contributed by atoms with Gasteiger partial charge in [0.15, 0.2) is 5.11 Å². The molecule has 0 amide bonds. The molecule has 176 valence electrons. The smallest absolute Gasteiger partial charge is 0.258 e. The van der Waals surface area contributed by atoms with E-state index in [-0.39, 0.29) is 6.04 Å². The summed E-state index contributed by atoms with van der Waals surface area (Å²) in [4.78, 5) is 6.84. The molecule has 0 fully saturated rings. The van der Waals surface area contributed by atoms with E-state index in [1.165, 1.54) is 5.56 Å². The van der Waals surface area contributed by atoms with E-state index >= 15 is 0 Å². The minimum absolute atomic E-state index is 0.214. The Morgan fingerprint density at radius 3 is 2.51 bits per heavy atom. The zero-order chi connectivity index (χ0) is 24.4. The highest BCUT2D eigenvalue weighted by Crippen LogP contribution is 2.38. The summed E-state index contributed by atoms with van der Waals surface area (Å²) >= 11 is 5.83. The van der Waals surface area contributed by atoms with Gasteiger partial charge in [-0.05, 0) is 49.3 Å². The van der Waals surface area contributed by atoms with E-state index < -0.39 is 0 Å². The summed E-state index contributed by atoms with van der Waals surface area (Å²) in [6, 6.07) is 26.0. The number of aromatic nitrogens is 2. The molecule has 1 atom stereocenters. The number of allylic oxidation sites excluding steroid dienone is 1. The maximum Gasteiger partial charge on any atom is 0.258 e. The van der Waals surface area contributed by atoms with Crippen LogP contribution in [-0.2, 0) is 6.54 Å². The van der Waals surface area contributed by atoms with Gasteiger partial charge in [0.1, 0.15) is 5.75 Å². The average molecular weight is 483 g/mol. The first-order valence-electron chi connectivity index (χ1n) is 11.4. The third-order valence-electron chi connectivity index (χ3n) is 6.17. The Balaban J connectivity index is 1.59. The fraction of sp³-hybridized carbons (Fsp3) is 0.179. The highest BCUT2D eigenvalue weighted by atomic mass is 32.1. The molecule has 4 aromatic rings. The number of methoxy groups -OCH3 is 1. The standard InChI is InChI=1S/C28H26N4O2S/c1-18-12-14-21(15-13-18)25-24(27-30-26(31-34-27)22-9-5-4-6-10-22)19(2)32(28(35)29-25)17-20-8-7-11-23(16-20)33-3/h4-16,25H,17H2,1-3H3,(H,29,35). The maximum absolute atomic E-state index is 5.83. The van der Waals surface area contributed by atoms with Crippen LogP contribution in [0, 0.1) is 6.92 Å². The largest absolute Gasteiger partial charge is 0.497 e. The lowest BCUT2D eigenvalue weighted by molar-refractivity contribution is 0.395. The van der Waals surface area contributed by atoms with E-state index in [1.807, 2.05) is 48.5 Å². The van der Waals surface area contributed by atoms with Crippen LogP contribution in [0.5, 0.6) is 5.75 Å². The van der Waals surface area contributed by atoms with Crippen molar-refractivity contribution < 1.29 is 9.26 Å². The molecule has 0 saturated carbocycles. The summed E-state index contributed by atoms with van der Waals surface area (Å²) in [7, 11) is 1.67.